The van der Waals surface area contributed by atoms with Crippen molar-refractivity contribution in [3.8, 4) is 17.2 Å². The second-order valence-corrected chi connectivity index (χ2v) is 4.17. The van der Waals surface area contributed by atoms with Crippen LogP contribution < -0.4 is 15.2 Å². The van der Waals surface area contributed by atoms with Crippen LogP contribution in [0.3, 0.4) is 0 Å². The molecule has 0 radical (unpaired) electrons. The largest absolute Gasteiger partial charge is 0.495 e. The lowest BCUT2D eigenvalue weighted by molar-refractivity contribution is 0.393. The summed E-state index contributed by atoms with van der Waals surface area (Å²) in [5, 5.41) is 6.86. The summed E-state index contributed by atoms with van der Waals surface area (Å²) in [4.78, 5) is 0. The highest BCUT2D eigenvalue weighted by Gasteiger charge is 2.14. The Balaban J connectivity index is 2.71. The van der Waals surface area contributed by atoms with E-state index in [1.165, 1.54) is 18.8 Å². The van der Waals surface area contributed by atoms with Crippen LogP contribution in [0.15, 0.2) is 12.1 Å². The number of nitrogens with one attached hydrogen (secondary N) is 1. The lowest BCUT2D eigenvalue weighted by Gasteiger charge is -2.12. The molecule has 2 aromatic rings. The molecule has 0 amide bonds. The van der Waals surface area contributed by atoms with E-state index in [9.17, 15) is 0 Å². The van der Waals surface area contributed by atoms with Gasteiger partial charge in [-0.3, -0.25) is 4.57 Å². The Bertz CT molecular complexity index is 637. The molecule has 0 aliphatic rings. The second kappa shape index (κ2) is 4.87. The van der Waals surface area contributed by atoms with E-state index in [-0.39, 0.29) is 5.95 Å². The minimum absolute atomic E-state index is 0.222. The molecule has 0 bridgehead atoms. The third kappa shape index (κ3) is 2.02. The van der Waals surface area contributed by atoms with E-state index < -0.39 is 0 Å². The number of methoxy groups -OCH3 is 2. The minimum atomic E-state index is 0.222. The normalized spacial score (nSPS) is 10.4. The van der Waals surface area contributed by atoms with Crippen LogP contribution in [-0.2, 0) is 0 Å². The molecule has 1 aromatic carbocycles. The molecule has 1 aromatic heterocycles. The van der Waals surface area contributed by atoms with Gasteiger partial charge in [0.15, 0.2) is 0 Å². The van der Waals surface area contributed by atoms with Crippen molar-refractivity contribution in [1.29, 1.82) is 0 Å². The number of aromatic nitrogens is 3. The zero-order chi connectivity index (χ0) is 13.3. The first kappa shape index (κ1) is 12.7. The van der Waals surface area contributed by atoms with Gasteiger partial charge in [-0.2, -0.15) is 0 Å². The zero-order valence-electron chi connectivity index (χ0n) is 9.73. The number of H-pyrrole nitrogens is 1. The zero-order valence-corrected chi connectivity index (χ0v) is 11.3. The lowest BCUT2D eigenvalue weighted by atomic mass is 10.2. The molecule has 0 atom stereocenters. The van der Waals surface area contributed by atoms with E-state index in [1.54, 1.807) is 12.1 Å². The smallest absolute Gasteiger partial charge is 0.225 e. The highest BCUT2D eigenvalue weighted by Crippen LogP contribution is 2.35. The fourth-order valence-corrected chi connectivity index (χ4v) is 2.03. The van der Waals surface area contributed by atoms with E-state index >= 15 is 0 Å². The van der Waals surface area contributed by atoms with Gasteiger partial charge < -0.3 is 15.2 Å². The fraction of sp³-hybridized carbons (Fsp3) is 0.200. The van der Waals surface area contributed by atoms with Crippen LogP contribution in [0.25, 0.3) is 5.69 Å². The van der Waals surface area contributed by atoms with E-state index in [0.29, 0.717) is 27.0 Å². The number of hydrogen-bond acceptors (Lipinski definition) is 5. The van der Waals surface area contributed by atoms with Crippen molar-refractivity contribution in [1.82, 2.24) is 14.8 Å². The summed E-state index contributed by atoms with van der Waals surface area (Å²) in [7, 11) is 3.06. The SMILES string of the molecule is COc1cc(OC)c(-n2c(N)n[nH]c2=S)cc1Cl. The highest BCUT2D eigenvalue weighted by atomic mass is 35.5. The number of halogens is 1. The Morgan fingerprint density at radius 2 is 2.00 bits per heavy atom. The van der Waals surface area contributed by atoms with Crippen LogP contribution in [0.2, 0.25) is 5.02 Å². The van der Waals surface area contributed by atoms with Gasteiger partial charge >= 0.3 is 0 Å². The van der Waals surface area contributed by atoms with Crippen LogP contribution in [0, 0.1) is 4.77 Å². The topological polar surface area (TPSA) is 78.1 Å². The average molecular weight is 287 g/mol. The predicted octanol–water partition coefficient (Wildman–Crippen LogP) is 2.18. The van der Waals surface area contributed by atoms with Gasteiger partial charge in [0.05, 0.1) is 24.9 Å². The van der Waals surface area contributed by atoms with Crippen molar-refractivity contribution in [2.75, 3.05) is 20.0 Å². The Hall–Kier alpha value is -1.73. The Morgan fingerprint density at radius 3 is 2.50 bits per heavy atom. The highest BCUT2D eigenvalue weighted by molar-refractivity contribution is 7.71. The van der Waals surface area contributed by atoms with Crippen molar-refractivity contribution < 1.29 is 9.47 Å². The molecule has 1 heterocycles. The second-order valence-electron chi connectivity index (χ2n) is 3.38. The summed E-state index contributed by atoms with van der Waals surface area (Å²) in [6, 6.07) is 3.31. The monoisotopic (exact) mass is 286 g/mol. The van der Waals surface area contributed by atoms with Gasteiger partial charge in [0.1, 0.15) is 11.5 Å². The third-order valence-corrected chi connectivity index (χ3v) is 2.96. The van der Waals surface area contributed by atoms with Crippen molar-refractivity contribution in [3.63, 3.8) is 0 Å². The molecule has 2 rings (SSSR count). The molecule has 0 saturated carbocycles. The molecule has 3 N–H and O–H groups in total. The molecule has 0 fully saturated rings. The van der Waals surface area contributed by atoms with Crippen molar-refractivity contribution in [3.05, 3.63) is 21.9 Å². The first-order chi connectivity index (χ1) is 8.58. The van der Waals surface area contributed by atoms with Crippen molar-refractivity contribution >= 4 is 29.8 Å². The van der Waals surface area contributed by atoms with Gasteiger partial charge in [-0.05, 0) is 18.3 Å². The molecule has 0 aliphatic carbocycles. The molecular formula is C10H11ClN4O2S. The number of anilines is 1. The number of nitrogens with two attached hydrogens (primary N) is 1. The molecule has 96 valence electrons. The summed E-state index contributed by atoms with van der Waals surface area (Å²) in [6.07, 6.45) is 0. The molecule has 0 spiro atoms. The number of hydrogen-bond donors (Lipinski definition) is 2. The maximum absolute atomic E-state index is 6.08. The van der Waals surface area contributed by atoms with Crippen LogP contribution in [0.4, 0.5) is 5.95 Å². The van der Waals surface area contributed by atoms with Crippen molar-refractivity contribution in [2.24, 2.45) is 0 Å². The summed E-state index contributed by atoms with van der Waals surface area (Å²) >= 11 is 11.2. The lowest BCUT2D eigenvalue weighted by Crippen LogP contribution is -2.03. The maximum Gasteiger partial charge on any atom is 0.225 e. The van der Waals surface area contributed by atoms with E-state index in [1.807, 2.05) is 0 Å². The Labute approximate surface area is 113 Å². The van der Waals surface area contributed by atoms with Crippen LogP contribution in [0.1, 0.15) is 0 Å². The number of ether oxygens (including phenoxy) is 2. The van der Waals surface area contributed by atoms with Gasteiger partial charge in [-0.15, -0.1) is 5.10 Å². The Kier molecular flexibility index (Phi) is 3.44. The summed E-state index contributed by atoms with van der Waals surface area (Å²) in [5.41, 5.74) is 6.34. The molecule has 0 aliphatic heterocycles. The van der Waals surface area contributed by atoms with Gasteiger partial charge in [0, 0.05) is 6.07 Å². The molecular weight excluding hydrogens is 276 g/mol. The van der Waals surface area contributed by atoms with E-state index in [0.717, 1.165) is 0 Å². The van der Waals surface area contributed by atoms with Gasteiger partial charge in [-0.1, -0.05) is 11.6 Å². The Morgan fingerprint density at radius 1 is 1.33 bits per heavy atom. The minimum Gasteiger partial charge on any atom is -0.495 e. The first-order valence-corrected chi connectivity index (χ1v) is 5.72. The van der Waals surface area contributed by atoms with E-state index in [2.05, 4.69) is 10.2 Å². The van der Waals surface area contributed by atoms with Gasteiger partial charge in [0.25, 0.3) is 0 Å². The summed E-state index contributed by atoms with van der Waals surface area (Å²) < 4.78 is 12.3. The standard InChI is InChI=1S/C10H11ClN4O2S/c1-16-7-4-8(17-2)6(3-5(7)11)15-9(12)13-14-10(15)18/h3-4H,1-2H3,(H2,12,13)(H,14,18). The molecule has 0 unspecified atom stereocenters. The van der Waals surface area contributed by atoms with Crippen LogP contribution in [-0.4, -0.2) is 29.0 Å². The van der Waals surface area contributed by atoms with Crippen molar-refractivity contribution in [2.45, 2.75) is 0 Å². The van der Waals surface area contributed by atoms with E-state index in [4.69, 9.17) is 39.0 Å². The number of nitrogens with zero attached hydrogens (tertiary/aromatic N) is 2. The fourth-order valence-electron chi connectivity index (χ4n) is 1.56. The maximum atomic E-state index is 6.08. The summed E-state index contributed by atoms with van der Waals surface area (Å²) in [5.74, 6) is 1.26. The van der Waals surface area contributed by atoms with Crippen LogP contribution >= 0.6 is 23.8 Å². The first-order valence-electron chi connectivity index (χ1n) is 4.93. The number of benzene rings is 1. The molecule has 6 nitrogen and oxygen atoms in total. The third-order valence-electron chi connectivity index (χ3n) is 2.39. The quantitative estimate of drug-likeness (QED) is 0.846. The van der Waals surface area contributed by atoms with Gasteiger partial charge in [-0.25, -0.2) is 5.10 Å². The predicted molar refractivity (Wildman–Crippen MR) is 71.3 cm³/mol. The number of nitrogen functional groups attached to an aromatic ring is 1. The van der Waals surface area contributed by atoms with Crippen LogP contribution in [0.5, 0.6) is 11.5 Å². The average Bonchev–Trinajstić information content (AvgIpc) is 2.68. The molecule has 8 heteroatoms. The number of rotatable bonds is 3. The van der Waals surface area contributed by atoms with Gasteiger partial charge in [0.2, 0.25) is 10.7 Å². The summed E-state index contributed by atoms with van der Waals surface area (Å²) in [6.45, 7) is 0. The number of aromatic amines is 1. The molecule has 0 saturated heterocycles. The molecule has 18 heavy (non-hydrogen) atoms.